The number of benzene rings is 1. The van der Waals surface area contributed by atoms with Crippen molar-refractivity contribution >= 4 is 27.8 Å². The van der Waals surface area contributed by atoms with Crippen molar-refractivity contribution in [2.24, 2.45) is 4.99 Å². The summed E-state index contributed by atoms with van der Waals surface area (Å²) in [6.45, 7) is 0. The molecule has 1 fully saturated rings. The lowest BCUT2D eigenvalue weighted by Crippen LogP contribution is -2.24. The lowest BCUT2D eigenvalue weighted by atomic mass is 10.1. The highest BCUT2D eigenvalue weighted by atomic mass is 79.9. The van der Waals surface area contributed by atoms with Gasteiger partial charge < -0.3 is 5.32 Å². The van der Waals surface area contributed by atoms with Gasteiger partial charge in [-0.25, -0.2) is 0 Å². The van der Waals surface area contributed by atoms with Crippen LogP contribution in [0.25, 0.3) is 0 Å². The number of carbonyl (C=O) groups excluding carboxylic acids is 1. The van der Waals surface area contributed by atoms with Crippen molar-refractivity contribution in [1.82, 2.24) is 10.6 Å². The highest BCUT2D eigenvalue weighted by molar-refractivity contribution is 9.10. The number of guanidine groups is 1. The Morgan fingerprint density at radius 1 is 1.40 bits per heavy atom. The summed E-state index contributed by atoms with van der Waals surface area (Å²) < 4.78 is 0.912. The number of amides is 1. The minimum Gasteiger partial charge on any atom is -0.340 e. The molecule has 0 spiro atoms. The second kappa shape index (κ2) is 4.02. The molecule has 4 nitrogen and oxygen atoms in total. The summed E-state index contributed by atoms with van der Waals surface area (Å²) in [6.07, 6.45) is 0. The number of hydrogen-bond acceptors (Lipinski definition) is 2. The van der Waals surface area contributed by atoms with E-state index in [1.54, 1.807) is 7.05 Å². The van der Waals surface area contributed by atoms with E-state index in [1.165, 1.54) is 0 Å². The molecule has 1 unspecified atom stereocenters. The van der Waals surface area contributed by atoms with Crippen LogP contribution in [0.4, 0.5) is 0 Å². The van der Waals surface area contributed by atoms with E-state index in [1.807, 2.05) is 24.3 Å². The van der Waals surface area contributed by atoms with Crippen LogP contribution in [0, 0.1) is 0 Å². The highest BCUT2D eigenvalue weighted by Gasteiger charge is 2.30. The van der Waals surface area contributed by atoms with E-state index in [0.717, 1.165) is 10.0 Å². The molecule has 0 aliphatic carbocycles. The minimum atomic E-state index is -0.362. The molecule has 15 heavy (non-hydrogen) atoms. The molecular weight excluding hydrogens is 258 g/mol. The molecule has 2 rings (SSSR count). The zero-order chi connectivity index (χ0) is 10.8. The third kappa shape index (κ3) is 1.87. The van der Waals surface area contributed by atoms with Crippen molar-refractivity contribution in [2.75, 3.05) is 7.05 Å². The van der Waals surface area contributed by atoms with Gasteiger partial charge in [0.1, 0.15) is 6.04 Å². The average molecular weight is 268 g/mol. The largest absolute Gasteiger partial charge is 0.340 e. The molecule has 1 aliphatic heterocycles. The van der Waals surface area contributed by atoms with Gasteiger partial charge in [-0.15, -0.1) is 0 Å². The maximum absolute atomic E-state index is 11.6. The van der Waals surface area contributed by atoms with Crippen molar-refractivity contribution in [3.8, 4) is 0 Å². The standard InChI is InChI=1S/C10H10BrN3O/c1-12-10-13-8(9(15)14-10)6-4-2-3-5-7(6)11/h2-5,8H,1H3,(H2,12,13,14,15). The average Bonchev–Trinajstić information content (AvgIpc) is 2.60. The third-order valence-corrected chi connectivity index (χ3v) is 2.95. The van der Waals surface area contributed by atoms with Crippen molar-refractivity contribution in [3.05, 3.63) is 34.3 Å². The van der Waals surface area contributed by atoms with E-state index < -0.39 is 0 Å². The topological polar surface area (TPSA) is 53.5 Å². The second-order valence-corrected chi connectivity index (χ2v) is 4.01. The Hall–Kier alpha value is -1.36. The predicted octanol–water partition coefficient (Wildman–Crippen LogP) is 1.20. The van der Waals surface area contributed by atoms with Gasteiger partial charge in [0.05, 0.1) is 0 Å². The normalized spacial score (nSPS) is 22.7. The quantitative estimate of drug-likeness (QED) is 0.804. The van der Waals surface area contributed by atoms with Gasteiger partial charge in [0.15, 0.2) is 5.96 Å². The Morgan fingerprint density at radius 2 is 2.13 bits per heavy atom. The predicted molar refractivity (Wildman–Crippen MR) is 61.5 cm³/mol. The molecule has 0 bridgehead atoms. The fourth-order valence-electron chi connectivity index (χ4n) is 1.48. The lowest BCUT2D eigenvalue weighted by Gasteiger charge is -2.09. The van der Waals surface area contributed by atoms with Gasteiger partial charge in [-0.3, -0.25) is 15.1 Å². The first-order chi connectivity index (χ1) is 7.22. The Bertz CT molecular complexity index is 430. The van der Waals surface area contributed by atoms with Crippen LogP contribution < -0.4 is 10.6 Å². The Labute approximate surface area is 95.9 Å². The molecule has 1 aromatic rings. The van der Waals surface area contributed by atoms with Crippen LogP contribution >= 0.6 is 15.9 Å². The van der Waals surface area contributed by atoms with Gasteiger partial charge in [0, 0.05) is 11.5 Å². The Kier molecular flexibility index (Phi) is 2.73. The summed E-state index contributed by atoms with van der Waals surface area (Å²) in [7, 11) is 1.63. The fraction of sp³-hybridized carbons (Fsp3) is 0.200. The van der Waals surface area contributed by atoms with E-state index in [4.69, 9.17) is 0 Å². The summed E-state index contributed by atoms with van der Waals surface area (Å²) in [5.41, 5.74) is 0.911. The maximum atomic E-state index is 11.6. The number of hydrogen-bond donors (Lipinski definition) is 2. The number of nitrogens with zero attached hydrogens (tertiary/aromatic N) is 1. The monoisotopic (exact) mass is 267 g/mol. The molecule has 5 heteroatoms. The summed E-state index contributed by atoms with van der Waals surface area (Å²) in [5.74, 6) is 0.434. The highest BCUT2D eigenvalue weighted by Crippen LogP contribution is 2.24. The van der Waals surface area contributed by atoms with Crippen molar-refractivity contribution in [1.29, 1.82) is 0 Å². The van der Waals surface area contributed by atoms with Crippen LogP contribution in [0.1, 0.15) is 11.6 Å². The first-order valence-electron chi connectivity index (χ1n) is 4.51. The molecule has 1 atom stereocenters. The number of halogens is 1. The Balaban J connectivity index is 2.33. The molecular formula is C10H10BrN3O. The summed E-state index contributed by atoms with van der Waals surface area (Å²) in [4.78, 5) is 15.5. The smallest absolute Gasteiger partial charge is 0.253 e. The molecule has 2 N–H and O–H groups in total. The zero-order valence-corrected chi connectivity index (χ0v) is 9.71. The molecule has 0 radical (unpaired) electrons. The number of aliphatic imine (C=N–C) groups is 1. The lowest BCUT2D eigenvalue weighted by molar-refractivity contribution is -0.120. The first-order valence-corrected chi connectivity index (χ1v) is 5.30. The zero-order valence-electron chi connectivity index (χ0n) is 8.12. The summed E-state index contributed by atoms with van der Waals surface area (Å²) in [5, 5.41) is 5.67. The molecule has 1 heterocycles. The molecule has 1 aliphatic rings. The summed E-state index contributed by atoms with van der Waals surface area (Å²) in [6, 6.07) is 7.26. The van der Waals surface area contributed by atoms with Gasteiger partial charge in [0.25, 0.3) is 5.91 Å². The summed E-state index contributed by atoms with van der Waals surface area (Å²) >= 11 is 3.42. The van der Waals surface area contributed by atoms with Crippen LogP contribution in [0.2, 0.25) is 0 Å². The van der Waals surface area contributed by atoms with E-state index in [9.17, 15) is 4.79 Å². The van der Waals surface area contributed by atoms with Crippen LogP contribution in [-0.4, -0.2) is 18.9 Å². The maximum Gasteiger partial charge on any atom is 0.253 e. The molecule has 78 valence electrons. The molecule has 1 saturated heterocycles. The van der Waals surface area contributed by atoms with Crippen LogP contribution in [0.5, 0.6) is 0 Å². The van der Waals surface area contributed by atoms with E-state index >= 15 is 0 Å². The molecule has 1 amide bonds. The molecule has 0 saturated carbocycles. The number of carbonyl (C=O) groups is 1. The first kappa shape index (κ1) is 10.2. The van der Waals surface area contributed by atoms with E-state index in [2.05, 4.69) is 31.6 Å². The molecule has 0 aromatic heterocycles. The van der Waals surface area contributed by atoms with Crippen molar-refractivity contribution in [2.45, 2.75) is 6.04 Å². The second-order valence-electron chi connectivity index (χ2n) is 3.16. The van der Waals surface area contributed by atoms with Gasteiger partial charge >= 0.3 is 0 Å². The van der Waals surface area contributed by atoms with Crippen LogP contribution in [0.15, 0.2) is 33.7 Å². The van der Waals surface area contributed by atoms with Crippen molar-refractivity contribution < 1.29 is 4.79 Å². The van der Waals surface area contributed by atoms with Gasteiger partial charge in [-0.2, -0.15) is 0 Å². The third-order valence-electron chi connectivity index (χ3n) is 2.22. The van der Waals surface area contributed by atoms with Gasteiger partial charge in [-0.1, -0.05) is 34.1 Å². The SMILES string of the molecule is CN=C1NC(=O)C(c2ccccc2Br)N1. The van der Waals surface area contributed by atoms with Gasteiger partial charge in [0.2, 0.25) is 0 Å². The molecule has 1 aromatic carbocycles. The minimum absolute atomic E-state index is 0.0810. The van der Waals surface area contributed by atoms with E-state index in [0.29, 0.717) is 5.96 Å². The van der Waals surface area contributed by atoms with Crippen molar-refractivity contribution in [3.63, 3.8) is 0 Å². The Morgan fingerprint density at radius 3 is 2.73 bits per heavy atom. The van der Waals surface area contributed by atoms with Crippen LogP contribution in [0.3, 0.4) is 0 Å². The van der Waals surface area contributed by atoms with E-state index in [-0.39, 0.29) is 11.9 Å². The van der Waals surface area contributed by atoms with Gasteiger partial charge in [-0.05, 0) is 11.6 Å². The van der Waals surface area contributed by atoms with Crippen LogP contribution in [-0.2, 0) is 4.79 Å². The fourth-order valence-corrected chi connectivity index (χ4v) is 1.99. The number of rotatable bonds is 1. The number of nitrogens with one attached hydrogen (secondary N) is 2.